The molecule has 98 valence electrons. The maximum atomic E-state index is 12.8. The Morgan fingerprint density at radius 1 is 1.33 bits per heavy atom. The van der Waals surface area contributed by atoms with Gasteiger partial charge in [-0.15, -0.1) is 0 Å². The minimum Gasteiger partial charge on any atom is -0.375 e. The van der Waals surface area contributed by atoms with E-state index in [2.05, 4.69) is 4.98 Å². The maximum Gasteiger partial charge on any atom is 0.416 e. The fraction of sp³-hybridized carbons (Fsp3) is 0.364. The molecule has 0 unspecified atom stereocenters. The van der Waals surface area contributed by atoms with E-state index in [0.29, 0.717) is 22.3 Å². The molecule has 0 bridgehead atoms. The highest BCUT2D eigenvalue weighted by molar-refractivity contribution is 7.22. The van der Waals surface area contributed by atoms with Gasteiger partial charge >= 0.3 is 6.18 Å². The van der Waals surface area contributed by atoms with Crippen molar-refractivity contribution >= 4 is 26.7 Å². The Kier molecular flexibility index (Phi) is 3.20. The third kappa shape index (κ3) is 2.56. The number of thiazole rings is 1. The number of fused-ring (bicyclic) bond motifs is 1. The molecule has 0 aliphatic heterocycles. The normalized spacial score (nSPS) is 12.6. The van der Waals surface area contributed by atoms with E-state index >= 15 is 0 Å². The van der Waals surface area contributed by atoms with Crippen LogP contribution in [0.2, 0.25) is 0 Å². The number of hydrogen-bond donors (Lipinski definition) is 1. The number of nitrogens with two attached hydrogens (primary N) is 1. The molecule has 1 aromatic carbocycles. The summed E-state index contributed by atoms with van der Waals surface area (Å²) in [5, 5.41) is 0.282. The van der Waals surface area contributed by atoms with Crippen LogP contribution in [-0.2, 0) is 12.7 Å². The van der Waals surface area contributed by atoms with Gasteiger partial charge < -0.3 is 10.6 Å². The Hall–Kier alpha value is -1.34. The lowest BCUT2D eigenvalue weighted by atomic mass is 10.1. The summed E-state index contributed by atoms with van der Waals surface area (Å²) in [5.41, 5.74) is 6.00. The monoisotopic (exact) mass is 275 g/mol. The first-order valence-corrected chi connectivity index (χ1v) is 6.00. The largest absolute Gasteiger partial charge is 0.416 e. The average Bonchev–Trinajstić information content (AvgIpc) is 2.56. The molecule has 7 heteroatoms. The zero-order valence-electron chi connectivity index (χ0n) is 9.88. The summed E-state index contributed by atoms with van der Waals surface area (Å²) in [6.07, 6.45) is -4.35. The lowest BCUT2D eigenvalue weighted by molar-refractivity contribution is -0.137. The van der Waals surface area contributed by atoms with Crippen LogP contribution in [0.5, 0.6) is 0 Å². The summed E-state index contributed by atoms with van der Waals surface area (Å²) in [7, 11) is 3.59. The number of benzene rings is 1. The van der Waals surface area contributed by atoms with Gasteiger partial charge in [-0.05, 0) is 31.8 Å². The van der Waals surface area contributed by atoms with Crippen LogP contribution in [0.25, 0.3) is 10.2 Å². The van der Waals surface area contributed by atoms with Gasteiger partial charge in [0.25, 0.3) is 0 Å². The molecule has 2 aromatic rings. The van der Waals surface area contributed by atoms with E-state index in [1.807, 2.05) is 0 Å². The Balaban J connectivity index is 2.64. The molecule has 0 amide bonds. The fourth-order valence-electron chi connectivity index (χ4n) is 1.74. The SMILES string of the molecule is CN(C)Cc1cc(C(F)(F)F)cc2sc(N)nc12. The van der Waals surface area contributed by atoms with Crippen LogP contribution in [0.4, 0.5) is 18.3 Å². The fourth-order valence-corrected chi connectivity index (χ4v) is 2.56. The first-order chi connectivity index (χ1) is 8.27. The van der Waals surface area contributed by atoms with Crippen molar-refractivity contribution in [3.8, 4) is 0 Å². The second-order valence-electron chi connectivity index (χ2n) is 4.27. The number of rotatable bonds is 2. The highest BCUT2D eigenvalue weighted by Crippen LogP contribution is 2.36. The predicted molar refractivity (Wildman–Crippen MR) is 66.4 cm³/mol. The molecule has 1 aromatic heterocycles. The van der Waals surface area contributed by atoms with Crippen LogP contribution in [0.3, 0.4) is 0 Å². The van der Waals surface area contributed by atoms with E-state index in [0.717, 1.165) is 23.5 Å². The second kappa shape index (κ2) is 4.40. The Morgan fingerprint density at radius 2 is 2.00 bits per heavy atom. The molecule has 0 atom stereocenters. The van der Waals surface area contributed by atoms with E-state index in [-0.39, 0.29) is 5.13 Å². The zero-order chi connectivity index (χ0) is 13.5. The van der Waals surface area contributed by atoms with Crippen LogP contribution in [-0.4, -0.2) is 24.0 Å². The smallest absolute Gasteiger partial charge is 0.375 e. The van der Waals surface area contributed by atoms with Crippen molar-refractivity contribution < 1.29 is 13.2 Å². The van der Waals surface area contributed by atoms with Gasteiger partial charge in [0.15, 0.2) is 5.13 Å². The standard InChI is InChI=1S/C11H12F3N3S/c1-17(2)5-6-3-7(11(12,13)14)4-8-9(6)16-10(15)18-8/h3-4H,5H2,1-2H3,(H2,15,16). The quantitative estimate of drug-likeness (QED) is 0.916. The molecular formula is C11H12F3N3S. The number of anilines is 1. The van der Waals surface area contributed by atoms with Crippen LogP contribution in [0.15, 0.2) is 12.1 Å². The van der Waals surface area contributed by atoms with Crippen LogP contribution >= 0.6 is 11.3 Å². The van der Waals surface area contributed by atoms with E-state index in [1.165, 1.54) is 0 Å². The van der Waals surface area contributed by atoms with Gasteiger partial charge in [-0.1, -0.05) is 11.3 Å². The molecule has 3 nitrogen and oxygen atoms in total. The van der Waals surface area contributed by atoms with Crippen molar-refractivity contribution in [2.45, 2.75) is 12.7 Å². The second-order valence-corrected chi connectivity index (χ2v) is 5.33. The lowest BCUT2D eigenvalue weighted by Gasteiger charge is -2.13. The minimum atomic E-state index is -4.35. The number of halogens is 3. The van der Waals surface area contributed by atoms with E-state index in [9.17, 15) is 13.2 Å². The van der Waals surface area contributed by atoms with Crippen molar-refractivity contribution in [3.05, 3.63) is 23.3 Å². The molecule has 2 N–H and O–H groups in total. The first-order valence-electron chi connectivity index (χ1n) is 5.18. The van der Waals surface area contributed by atoms with E-state index in [1.54, 1.807) is 19.0 Å². The van der Waals surface area contributed by atoms with Crippen LogP contribution in [0, 0.1) is 0 Å². The molecule has 0 aliphatic carbocycles. The third-order valence-corrected chi connectivity index (χ3v) is 3.24. The van der Waals surface area contributed by atoms with Gasteiger partial charge in [0.2, 0.25) is 0 Å². The molecule has 0 fully saturated rings. The summed E-state index contributed by atoms with van der Waals surface area (Å²) >= 11 is 1.07. The Morgan fingerprint density at radius 3 is 2.56 bits per heavy atom. The molecule has 0 spiro atoms. The lowest BCUT2D eigenvalue weighted by Crippen LogP contribution is -2.13. The topological polar surface area (TPSA) is 42.1 Å². The Labute approximate surface area is 106 Å². The van der Waals surface area contributed by atoms with Gasteiger partial charge in [-0.25, -0.2) is 4.98 Å². The first kappa shape index (κ1) is 13.1. The molecule has 2 rings (SSSR count). The average molecular weight is 275 g/mol. The van der Waals surface area contributed by atoms with Crippen molar-refractivity contribution in [3.63, 3.8) is 0 Å². The minimum absolute atomic E-state index is 0.282. The maximum absolute atomic E-state index is 12.8. The molecule has 0 aliphatic rings. The molecule has 0 saturated heterocycles. The van der Waals surface area contributed by atoms with Crippen molar-refractivity contribution in [2.24, 2.45) is 0 Å². The van der Waals surface area contributed by atoms with Crippen molar-refractivity contribution in [1.82, 2.24) is 9.88 Å². The molecule has 0 saturated carbocycles. The number of aromatic nitrogens is 1. The molecule has 1 heterocycles. The summed E-state index contributed by atoms with van der Waals surface area (Å²) < 4.78 is 38.8. The number of hydrogen-bond acceptors (Lipinski definition) is 4. The predicted octanol–water partition coefficient (Wildman–Crippen LogP) is 2.96. The summed E-state index contributed by atoms with van der Waals surface area (Å²) in [6.45, 7) is 0.392. The number of nitrogens with zero attached hydrogens (tertiary/aromatic N) is 2. The van der Waals surface area contributed by atoms with Crippen molar-refractivity contribution in [2.75, 3.05) is 19.8 Å². The van der Waals surface area contributed by atoms with Gasteiger partial charge in [0.1, 0.15) is 0 Å². The number of nitrogen functional groups attached to an aromatic ring is 1. The van der Waals surface area contributed by atoms with E-state index in [4.69, 9.17) is 5.73 Å². The summed E-state index contributed by atoms with van der Waals surface area (Å²) in [6, 6.07) is 2.24. The van der Waals surface area contributed by atoms with Crippen molar-refractivity contribution in [1.29, 1.82) is 0 Å². The number of alkyl halides is 3. The molecule has 18 heavy (non-hydrogen) atoms. The van der Waals surface area contributed by atoms with Crippen LogP contribution in [0.1, 0.15) is 11.1 Å². The third-order valence-electron chi connectivity index (χ3n) is 2.40. The highest BCUT2D eigenvalue weighted by atomic mass is 32.1. The van der Waals surface area contributed by atoms with Gasteiger partial charge in [-0.2, -0.15) is 13.2 Å². The molecular weight excluding hydrogens is 263 g/mol. The highest BCUT2D eigenvalue weighted by Gasteiger charge is 2.31. The van der Waals surface area contributed by atoms with E-state index < -0.39 is 11.7 Å². The van der Waals surface area contributed by atoms with Crippen LogP contribution < -0.4 is 5.73 Å². The van der Waals surface area contributed by atoms with Gasteiger partial charge in [-0.3, -0.25) is 0 Å². The summed E-state index contributed by atoms with van der Waals surface area (Å²) in [5.74, 6) is 0. The van der Waals surface area contributed by atoms with Gasteiger partial charge in [0.05, 0.1) is 15.8 Å². The Bertz CT molecular complexity index is 575. The van der Waals surface area contributed by atoms with Gasteiger partial charge in [0, 0.05) is 6.54 Å². The summed E-state index contributed by atoms with van der Waals surface area (Å²) in [4.78, 5) is 5.89. The zero-order valence-corrected chi connectivity index (χ0v) is 10.7. The molecule has 0 radical (unpaired) electrons.